The van der Waals surface area contributed by atoms with Crippen LogP contribution < -0.4 is 0 Å². The van der Waals surface area contributed by atoms with Gasteiger partial charge in [-0.3, -0.25) is 0 Å². The molecule has 0 fully saturated rings. The van der Waals surface area contributed by atoms with Gasteiger partial charge in [0, 0.05) is 28.9 Å². The number of aromatic nitrogens is 3. The zero-order chi connectivity index (χ0) is 12.3. The lowest BCUT2D eigenvalue weighted by Gasteiger charge is -2.03. The second-order valence-corrected chi connectivity index (χ2v) is 5.10. The molecule has 0 aromatic carbocycles. The van der Waals surface area contributed by atoms with Gasteiger partial charge in [-0.25, -0.2) is 15.0 Å². The minimum Gasteiger partial charge on any atom is -0.244 e. The Labute approximate surface area is 114 Å². The lowest BCUT2D eigenvalue weighted by atomic mass is 10.3. The van der Waals surface area contributed by atoms with E-state index in [4.69, 9.17) is 23.2 Å². The molecule has 0 atom stereocenters. The summed E-state index contributed by atoms with van der Waals surface area (Å²) in [5.74, 6) is 0.673. The van der Waals surface area contributed by atoms with Crippen LogP contribution in [0.15, 0.2) is 29.7 Å². The van der Waals surface area contributed by atoms with Crippen LogP contribution in [0.4, 0.5) is 0 Å². The standard InChI is InChI=1S/C11H9Cl2N3S/c1-7-2-3-14-11(16-7)17-6-8-5-15-10(13)4-9(8)12/h2-5H,6H2,1H3. The molecule has 0 saturated carbocycles. The maximum absolute atomic E-state index is 6.05. The van der Waals surface area contributed by atoms with Crippen molar-refractivity contribution in [3.63, 3.8) is 0 Å². The minimum absolute atomic E-state index is 0.399. The molecule has 0 spiro atoms. The molecule has 0 radical (unpaired) electrons. The molecule has 0 saturated heterocycles. The van der Waals surface area contributed by atoms with Crippen molar-refractivity contribution in [3.8, 4) is 0 Å². The zero-order valence-corrected chi connectivity index (χ0v) is 11.4. The van der Waals surface area contributed by atoms with Gasteiger partial charge in [-0.1, -0.05) is 35.0 Å². The summed E-state index contributed by atoms with van der Waals surface area (Å²) in [4.78, 5) is 12.5. The fourth-order valence-corrected chi connectivity index (χ4v) is 2.55. The van der Waals surface area contributed by atoms with Crippen molar-refractivity contribution in [1.29, 1.82) is 0 Å². The van der Waals surface area contributed by atoms with E-state index in [1.807, 2.05) is 13.0 Å². The Morgan fingerprint density at radius 1 is 1.29 bits per heavy atom. The van der Waals surface area contributed by atoms with E-state index in [0.29, 0.717) is 15.9 Å². The van der Waals surface area contributed by atoms with Crippen LogP contribution >= 0.6 is 35.0 Å². The highest BCUT2D eigenvalue weighted by Crippen LogP contribution is 2.25. The van der Waals surface area contributed by atoms with Crippen LogP contribution in [0.2, 0.25) is 10.2 Å². The molecule has 0 aliphatic carbocycles. The van der Waals surface area contributed by atoms with Gasteiger partial charge in [-0.05, 0) is 24.6 Å². The Kier molecular flexibility index (Phi) is 4.20. The van der Waals surface area contributed by atoms with Gasteiger partial charge >= 0.3 is 0 Å². The number of nitrogens with zero attached hydrogens (tertiary/aromatic N) is 3. The molecule has 0 unspecified atom stereocenters. The number of hydrogen-bond acceptors (Lipinski definition) is 4. The summed E-state index contributed by atoms with van der Waals surface area (Å²) in [7, 11) is 0. The zero-order valence-electron chi connectivity index (χ0n) is 9.02. The van der Waals surface area contributed by atoms with Crippen molar-refractivity contribution in [2.45, 2.75) is 17.8 Å². The third kappa shape index (κ3) is 3.56. The van der Waals surface area contributed by atoms with Gasteiger partial charge in [-0.15, -0.1) is 0 Å². The molecule has 17 heavy (non-hydrogen) atoms. The lowest BCUT2D eigenvalue weighted by molar-refractivity contribution is 0.931. The first kappa shape index (κ1) is 12.6. The molecule has 2 rings (SSSR count). The average molecular weight is 286 g/mol. The van der Waals surface area contributed by atoms with Crippen LogP contribution in [0.5, 0.6) is 0 Å². The van der Waals surface area contributed by atoms with Crippen molar-refractivity contribution in [2.75, 3.05) is 0 Å². The smallest absolute Gasteiger partial charge is 0.188 e. The highest BCUT2D eigenvalue weighted by molar-refractivity contribution is 7.98. The third-order valence-corrected chi connectivity index (χ3v) is 3.49. The summed E-state index contributed by atoms with van der Waals surface area (Å²) < 4.78 is 0. The van der Waals surface area contributed by atoms with E-state index in [2.05, 4.69) is 15.0 Å². The lowest BCUT2D eigenvalue weighted by Crippen LogP contribution is -1.90. The Balaban J connectivity index is 2.07. The SMILES string of the molecule is Cc1ccnc(SCc2cnc(Cl)cc2Cl)n1. The molecular weight excluding hydrogens is 277 g/mol. The molecule has 2 aromatic rings. The van der Waals surface area contributed by atoms with Crippen LogP contribution in [0.3, 0.4) is 0 Å². The Morgan fingerprint density at radius 2 is 2.12 bits per heavy atom. The maximum atomic E-state index is 6.05. The summed E-state index contributed by atoms with van der Waals surface area (Å²) in [5.41, 5.74) is 1.87. The van der Waals surface area contributed by atoms with Gasteiger partial charge in [0.15, 0.2) is 5.16 Å². The average Bonchev–Trinajstić information content (AvgIpc) is 2.28. The van der Waals surface area contributed by atoms with Crippen LogP contribution in [-0.4, -0.2) is 15.0 Å². The molecule has 0 amide bonds. The molecule has 6 heteroatoms. The van der Waals surface area contributed by atoms with Gasteiger partial charge in [0.25, 0.3) is 0 Å². The van der Waals surface area contributed by atoms with Crippen molar-refractivity contribution in [2.24, 2.45) is 0 Å². The Morgan fingerprint density at radius 3 is 2.82 bits per heavy atom. The van der Waals surface area contributed by atoms with E-state index in [0.717, 1.165) is 16.4 Å². The third-order valence-electron chi connectivity index (χ3n) is 2.03. The van der Waals surface area contributed by atoms with Crippen LogP contribution in [0, 0.1) is 6.92 Å². The Bertz CT molecular complexity index is 534. The van der Waals surface area contributed by atoms with E-state index in [1.165, 1.54) is 11.8 Å². The number of hydrogen-bond donors (Lipinski definition) is 0. The fraction of sp³-hybridized carbons (Fsp3) is 0.182. The fourth-order valence-electron chi connectivity index (χ4n) is 1.18. The first-order valence-electron chi connectivity index (χ1n) is 4.87. The summed E-state index contributed by atoms with van der Waals surface area (Å²) in [6, 6.07) is 3.50. The minimum atomic E-state index is 0.399. The first-order valence-corrected chi connectivity index (χ1v) is 6.61. The quantitative estimate of drug-likeness (QED) is 0.489. The number of halogens is 2. The molecule has 0 aliphatic rings. The monoisotopic (exact) mass is 285 g/mol. The van der Waals surface area contributed by atoms with Gasteiger partial charge in [0.2, 0.25) is 0 Å². The van der Waals surface area contributed by atoms with Gasteiger partial charge in [0.05, 0.1) is 0 Å². The molecule has 2 aromatic heterocycles. The van der Waals surface area contributed by atoms with Gasteiger partial charge < -0.3 is 0 Å². The Hall–Kier alpha value is -0.840. The molecule has 0 aliphatic heterocycles. The van der Waals surface area contributed by atoms with E-state index in [1.54, 1.807) is 18.5 Å². The van der Waals surface area contributed by atoms with Crippen molar-refractivity contribution < 1.29 is 0 Å². The van der Waals surface area contributed by atoms with E-state index in [9.17, 15) is 0 Å². The van der Waals surface area contributed by atoms with E-state index >= 15 is 0 Å². The molecule has 0 bridgehead atoms. The van der Waals surface area contributed by atoms with Crippen LogP contribution in [0.25, 0.3) is 0 Å². The molecule has 2 heterocycles. The van der Waals surface area contributed by atoms with Gasteiger partial charge in [-0.2, -0.15) is 0 Å². The molecule has 3 nitrogen and oxygen atoms in total. The van der Waals surface area contributed by atoms with Crippen LogP contribution in [-0.2, 0) is 5.75 Å². The highest BCUT2D eigenvalue weighted by atomic mass is 35.5. The van der Waals surface area contributed by atoms with Crippen molar-refractivity contribution >= 4 is 35.0 Å². The largest absolute Gasteiger partial charge is 0.244 e. The predicted molar refractivity (Wildman–Crippen MR) is 70.6 cm³/mol. The number of pyridine rings is 1. The normalized spacial score (nSPS) is 10.5. The highest BCUT2D eigenvalue weighted by Gasteiger charge is 2.04. The van der Waals surface area contributed by atoms with Crippen molar-refractivity contribution in [1.82, 2.24) is 15.0 Å². The summed E-state index contributed by atoms with van der Waals surface area (Å²) >= 11 is 13.3. The second kappa shape index (κ2) is 5.67. The molecular formula is C11H9Cl2N3S. The maximum Gasteiger partial charge on any atom is 0.188 e. The van der Waals surface area contributed by atoms with Gasteiger partial charge in [0.1, 0.15) is 5.15 Å². The number of rotatable bonds is 3. The molecule has 88 valence electrons. The summed E-state index contributed by atoms with van der Waals surface area (Å²) in [5, 5.41) is 1.75. The number of aryl methyl sites for hydroxylation is 1. The second-order valence-electron chi connectivity index (χ2n) is 3.37. The predicted octanol–water partition coefficient (Wildman–Crippen LogP) is 3.78. The molecule has 0 N–H and O–H groups in total. The first-order chi connectivity index (χ1) is 8.15. The van der Waals surface area contributed by atoms with E-state index in [-0.39, 0.29) is 0 Å². The summed E-state index contributed by atoms with van der Waals surface area (Å²) in [6.45, 7) is 1.93. The topological polar surface area (TPSA) is 38.7 Å². The number of thioether (sulfide) groups is 1. The summed E-state index contributed by atoms with van der Waals surface area (Å²) in [6.07, 6.45) is 3.42. The van der Waals surface area contributed by atoms with Crippen LogP contribution in [0.1, 0.15) is 11.3 Å². The van der Waals surface area contributed by atoms with E-state index < -0.39 is 0 Å². The van der Waals surface area contributed by atoms with Crippen molar-refractivity contribution in [3.05, 3.63) is 46.0 Å².